The lowest BCUT2D eigenvalue weighted by Crippen LogP contribution is -1.96. The summed E-state index contributed by atoms with van der Waals surface area (Å²) in [6.07, 6.45) is 1.58. The number of anilines is 2. The molecule has 0 spiro atoms. The molecule has 0 saturated carbocycles. The number of thiophene rings is 1. The van der Waals surface area contributed by atoms with E-state index < -0.39 is 0 Å². The predicted octanol–water partition coefficient (Wildman–Crippen LogP) is 7.33. The third kappa shape index (κ3) is 3.41. The molecule has 2 aromatic heterocycles. The van der Waals surface area contributed by atoms with Crippen LogP contribution in [0.3, 0.4) is 0 Å². The van der Waals surface area contributed by atoms with Gasteiger partial charge in [0.05, 0.1) is 16.1 Å². The van der Waals surface area contributed by atoms with Crippen LogP contribution in [0.2, 0.25) is 10.0 Å². The molecule has 4 aromatic rings. The molecule has 0 atom stereocenters. The molecule has 3 nitrogen and oxygen atoms in total. The number of fused-ring (bicyclic) bond motifs is 1. The van der Waals surface area contributed by atoms with E-state index in [1.54, 1.807) is 29.8 Å². The summed E-state index contributed by atoms with van der Waals surface area (Å²) < 4.78 is 0. The van der Waals surface area contributed by atoms with Gasteiger partial charge in [0.25, 0.3) is 0 Å². The van der Waals surface area contributed by atoms with Crippen molar-refractivity contribution in [2.24, 2.45) is 0 Å². The van der Waals surface area contributed by atoms with E-state index in [2.05, 4.69) is 54.3 Å². The van der Waals surface area contributed by atoms with Crippen LogP contribution in [-0.4, -0.2) is 9.97 Å². The minimum absolute atomic E-state index is 0.550. The lowest BCUT2D eigenvalue weighted by Gasteiger charge is -2.11. The van der Waals surface area contributed by atoms with Gasteiger partial charge in [0.2, 0.25) is 0 Å². The minimum Gasteiger partial charge on any atom is -0.338 e. The second-order valence-electron chi connectivity index (χ2n) is 6.48. The highest BCUT2D eigenvalue weighted by Crippen LogP contribution is 2.42. The van der Waals surface area contributed by atoms with Crippen LogP contribution in [0, 0.1) is 20.8 Å². The summed E-state index contributed by atoms with van der Waals surface area (Å²) in [6, 6.07) is 11.9. The first kappa shape index (κ1) is 18.2. The number of rotatable bonds is 3. The summed E-state index contributed by atoms with van der Waals surface area (Å²) in [5, 5.41) is 5.51. The van der Waals surface area contributed by atoms with Crippen molar-refractivity contribution in [2.45, 2.75) is 20.8 Å². The van der Waals surface area contributed by atoms with Gasteiger partial charge in [0, 0.05) is 15.5 Å². The van der Waals surface area contributed by atoms with Gasteiger partial charge in [0.1, 0.15) is 17.0 Å². The number of hydrogen-bond donors (Lipinski definition) is 1. The van der Waals surface area contributed by atoms with Gasteiger partial charge < -0.3 is 5.32 Å². The Kier molecular flexibility index (Phi) is 4.81. The molecular formula is C21H17Cl2N3S. The van der Waals surface area contributed by atoms with E-state index in [0.29, 0.717) is 10.0 Å². The van der Waals surface area contributed by atoms with E-state index >= 15 is 0 Å². The first-order valence-corrected chi connectivity index (χ1v) is 10.0. The molecule has 0 aliphatic heterocycles. The fraction of sp³-hybridized carbons (Fsp3) is 0.143. The summed E-state index contributed by atoms with van der Waals surface area (Å²) >= 11 is 14.0. The van der Waals surface area contributed by atoms with E-state index in [1.165, 1.54) is 21.6 Å². The molecule has 1 N–H and O–H groups in total. The Morgan fingerprint density at radius 2 is 1.74 bits per heavy atom. The van der Waals surface area contributed by atoms with Crippen molar-refractivity contribution in [3.63, 3.8) is 0 Å². The second kappa shape index (κ2) is 7.12. The van der Waals surface area contributed by atoms with Gasteiger partial charge in [0.15, 0.2) is 0 Å². The minimum atomic E-state index is 0.550. The molecule has 6 heteroatoms. The highest BCUT2D eigenvalue weighted by atomic mass is 35.5. The van der Waals surface area contributed by atoms with E-state index in [9.17, 15) is 0 Å². The van der Waals surface area contributed by atoms with Crippen molar-refractivity contribution < 1.29 is 0 Å². The third-order valence-corrected chi connectivity index (χ3v) is 6.21. The van der Waals surface area contributed by atoms with Crippen LogP contribution in [-0.2, 0) is 0 Å². The third-order valence-electron chi connectivity index (χ3n) is 4.64. The van der Waals surface area contributed by atoms with E-state index in [-0.39, 0.29) is 0 Å². The van der Waals surface area contributed by atoms with E-state index in [0.717, 1.165) is 27.3 Å². The van der Waals surface area contributed by atoms with Crippen molar-refractivity contribution >= 4 is 56.3 Å². The van der Waals surface area contributed by atoms with Gasteiger partial charge in [-0.3, -0.25) is 0 Å². The monoisotopic (exact) mass is 413 g/mol. The van der Waals surface area contributed by atoms with Crippen LogP contribution in [0.5, 0.6) is 0 Å². The van der Waals surface area contributed by atoms with Crippen molar-refractivity contribution in [1.82, 2.24) is 9.97 Å². The normalized spacial score (nSPS) is 11.1. The highest BCUT2D eigenvalue weighted by Gasteiger charge is 2.18. The zero-order valence-electron chi connectivity index (χ0n) is 15.1. The molecule has 2 heterocycles. The lowest BCUT2D eigenvalue weighted by molar-refractivity contribution is 1.23. The smallest absolute Gasteiger partial charge is 0.143 e. The van der Waals surface area contributed by atoms with Crippen LogP contribution in [0.15, 0.2) is 42.7 Å². The van der Waals surface area contributed by atoms with Gasteiger partial charge in [-0.2, -0.15) is 0 Å². The molecule has 4 rings (SSSR count). The number of aromatic nitrogens is 2. The van der Waals surface area contributed by atoms with Crippen LogP contribution in [0.25, 0.3) is 21.3 Å². The Balaban J connectivity index is 1.90. The predicted molar refractivity (Wildman–Crippen MR) is 117 cm³/mol. The van der Waals surface area contributed by atoms with Crippen LogP contribution in [0.4, 0.5) is 11.5 Å². The molecule has 0 fully saturated rings. The first-order chi connectivity index (χ1) is 12.9. The Hall–Kier alpha value is -2.14. The van der Waals surface area contributed by atoms with Crippen molar-refractivity contribution in [2.75, 3.05) is 5.32 Å². The van der Waals surface area contributed by atoms with E-state index in [1.807, 2.05) is 6.07 Å². The Morgan fingerprint density at radius 3 is 2.48 bits per heavy atom. The summed E-state index contributed by atoms with van der Waals surface area (Å²) in [7, 11) is 0. The van der Waals surface area contributed by atoms with Crippen molar-refractivity contribution in [3.8, 4) is 11.1 Å². The van der Waals surface area contributed by atoms with E-state index in [4.69, 9.17) is 23.2 Å². The molecule has 2 aromatic carbocycles. The summed E-state index contributed by atoms with van der Waals surface area (Å²) in [6.45, 7) is 6.37. The number of benzene rings is 2. The molecule has 0 amide bonds. The molecular weight excluding hydrogens is 397 g/mol. The van der Waals surface area contributed by atoms with Gasteiger partial charge in [-0.05, 0) is 55.7 Å². The second-order valence-corrected chi connectivity index (χ2v) is 8.53. The maximum absolute atomic E-state index is 6.34. The maximum Gasteiger partial charge on any atom is 0.143 e. The Bertz CT molecular complexity index is 1170. The molecule has 0 unspecified atom stereocenters. The molecule has 136 valence electrons. The van der Waals surface area contributed by atoms with Crippen LogP contribution >= 0.6 is 34.5 Å². The molecule has 0 bridgehead atoms. The zero-order chi connectivity index (χ0) is 19.1. The number of nitrogens with one attached hydrogen (secondary N) is 1. The quantitative estimate of drug-likeness (QED) is 0.381. The maximum atomic E-state index is 6.34. The SMILES string of the molecule is Cc1ccc(-c2c(C)sc3ncnc(Nc4ccc(Cl)cc4Cl)c23)cc1C. The van der Waals surface area contributed by atoms with Crippen LogP contribution < -0.4 is 5.32 Å². The molecule has 27 heavy (non-hydrogen) atoms. The molecule has 0 aliphatic carbocycles. The Labute approximate surface area is 172 Å². The molecule has 0 saturated heterocycles. The number of halogens is 2. The topological polar surface area (TPSA) is 37.8 Å². The number of hydrogen-bond acceptors (Lipinski definition) is 4. The first-order valence-electron chi connectivity index (χ1n) is 8.48. The fourth-order valence-corrected chi connectivity index (χ4v) is 4.57. The lowest BCUT2D eigenvalue weighted by atomic mass is 9.99. The van der Waals surface area contributed by atoms with Crippen molar-refractivity contribution in [1.29, 1.82) is 0 Å². The van der Waals surface area contributed by atoms with Gasteiger partial charge in [-0.1, -0.05) is 41.4 Å². The summed E-state index contributed by atoms with van der Waals surface area (Å²) in [4.78, 5) is 11.1. The van der Waals surface area contributed by atoms with Gasteiger partial charge >= 0.3 is 0 Å². The average Bonchev–Trinajstić information content (AvgIpc) is 2.96. The number of aryl methyl sites for hydroxylation is 3. The average molecular weight is 414 g/mol. The fourth-order valence-electron chi connectivity index (χ4n) is 3.10. The van der Waals surface area contributed by atoms with Gasteiger partial charge in [-0.25, -0.2) is 9.97 Å². The zero-order valence-corrected chi connectivity index (χ0v) is 17.4. The van der Waals surface area contributed by atoms with Crippen LogP contribution in [0.1, 0.15) is 16.0 Å². The highest BCUT2D eigenvalue weighted by molar-refractivity contribution is 7.19. The number of nitrogens with zero attached hydrogens (tertiary/aromatic N) is 2. The van der Waals surface area contributed by atoms with Crippen molar-refractivity contribution in [3.05, 3.63) is 68.8 Å². The molecule has 0 aliphatic rings. The largest absolute Gasteiger partial charge is 0.338 e. The summed E-state index contributed by atoms with van der Waals surface area (Å²) in [5.74, 6) is 0.738. The van der Waals surface area contributed by atoms with Gasteiger partial charge in [-0.15, -0.1) is 11.3 Å². The Morgan fingerprint density at radius 1 is 0.926 bits per heavy atom. The summed E-state index contributed by atoms with van der Waals surface area (Å²) in [5.41, 5.74) is 5.63. The molecule has 0 radical (unpaired) electrons. The standard InChI is InChI=1S/C21H17Cl2N3S/c1-11-4-5-14(8-12(11)2)18-13(3)27-21-19(18)20(24-10-25-21)26-17-7-6-15(22)9-16(17)23/h4-10H,1-3H3,(H,24,25,26).